The van der Waals surface area contributed by atoms with Crippen LogP contribution in [0.4, 0.5) is 16.4 Å². The first-order valence-corrected chi connectivity index (χ1v) is 14.7. The first kappa shape index (κ1) is 27.2. The van der Waals surface area contributed by atoms with Gasteiger partial charge >= 0.3 is 6.03 Å². The van der Waals surface area contributed by atoms with E-state index in [-0.39, 0.29) is 17.4 Å². The molecule has 0 bridgehead atoms. The minimum atomic E-state index is -0.319. The van der Waals surface area contributed by atoms with Crippen LogP contribution in [-0.2, 0) is 24.2 Å². The van der Waals surface area contributed by atoms with E-state index in [0.29, 0.717) is 49.3 Å². The average Bonchev–Trinajstić information content (AvgIpc) is 3.68. The van der Waals surface area contributed by atoms with Gasteiger partial charge in [-0.25, -0.2) is 9.78 Å². The Hall–Kier alpha value is -3.36. The van der Waals surface area contributed by atoms with Gasteiger partial charge in [0.05, 0.1) is 25.8 Å². The number of rotatable bonds is 8. The number of likely N-dealkylation sites (N-methyl/N-ethyl adjacent to an activating group) is 1. The van der Waals surface area contributed by atoms with Crippen LogP contribution in [0.5, 0.6) is 5.88 Å². The summed E-state index contributed by atoms with van der Waals surface area (Å²) in [5.41, 5.74) is 3.52. The summed E-state index contributed by atoms with van der Waals surface area (Å²) >= 11 is 1.83. The lowest BCUT2D eigenvalue weighted by atomic mass is 9.96. The number of nitriles is 1. The van der Waals surface area contributed by atoms with Crippen molar-refractivity contribution in [3.05, 3.63) is 40.6 Å². The Balaban J connectivity index is 1.34. The molecule has 4 heterocycles. The second-order valence-corrected chi connectivity index (χ2v) is 11.7. The van der Waals surface area contributed by atoms with Gasteiger partial charge in [0.25, 0.3) is 0 Å². The molecule has 3 amide bonds. The standard InChI is InChI=1S/C28H35N7O3S/c1-33-9-10-34(24(36)17-33)16-21-11-19-5-4-8-35(25(19)32-26(21)38-2)27(37)31-23-12-20(22(14-29)15-30-23)13-28(6-7-28)18-39-3/h11-12,15H,4-10,13,16-18H2,1-3H3,(H,30,31,37). The highest BCUT2D eigenvalue weighted by molar-refractivity contribution is 7.98. The van der Waals surface area contributed by atoms with Crippen LogP contribution in [0.25, 0.3) is 0 Å². The number of hydrogen-bond donors (Lipinski definition) is 1. The van der Waals surface area contributed by atoms with Crippen LogP contribution < -0.4 is 15.0 Å². The SMILES string of the molecule is COc1nc2c(cc1CN1CCN(C)CC1=O)CCCN2C(=O)Nc1cc(CC2(CSC)CC2)c(C#N)cn1. The summed E-state index contributed by atoms with van der Waals surface area (Å²) in [6, 6.07) is 5.79. The van der Waals surface area contributed by atoms with Crippen molar-refractivity contribution in [2.75, 3.05) is 62.6 Å². The Labute approximate surface area is 233 Å². The molecule has 1 N–H and O–H groups in total. The molecule has 1 saturated carbocycles. The highest BCUT2D eigenvalue weighted by Crippen LogP contribution is 2.50. The number of fused-ring (bicyclic) bond motifs is 1. The smallest absolute Gasteiger partial charge is 0.328 e. The molecule has 39 heavy (non-hydrogen) atoms. The molecule has 2 aromatic heterocycles. The number of hydrogen-bond acceptors (Lipinski definition) is 8. The number of ether oxygens (including phenoxy) is 1. The maximum absolute atomic E-state index is 13.4. The van der Waals surface area contributed by atoms with Gasteiger partial charge in [-0.15, -0.1) is 0 Å². The predicted octanol–water partition coefficient (Wildman–Crippen LogP) is 3.30. The summed E-state index contributed by atoms with van der Waals surface area (Å²) in [6.07, 6.45) is 8.37. The summed E-state index contributed by atoms with van der Waals surface area (Å²) in [5.74, 6) is 2.56. The number of aromatic nitrogens is 2. The maximum atomic E-state index is 13.4. The van der Waals surface area contributed by atoms with Gasteiger partial charge in [-0.2, -0.15) is 22.0 Å². The summed E-state index contributed by atoms with van der Waals surface area (Å²) < 4.78 is 5.61. The highest BCUT2D eigenvalue weighted by atomic mass is 32.2. The Morgan fingerprint density at radius 3 is 2.77 bits per heavy atom. The number of methoxy groups -OCH3 is 1. The van der Waals surface area contributed by atoms with Crippen LogP contribution in [0, 0.1) is 16.7 Å². The van der Waals surface area contributed by atoms with Gasteiger partial charge in [0.15, 0.2) is 0 Å². The Kier molecular flexibility index (Phi) is 7.96. The van der Waals surface area contributed by atoms with Crippen LogP contribution in [0.1, 0.15) is 41.5 Å². The number of carbonyl (C=O) groups excluding carboxylic acids is 2. The van der Waals surface area contributed by atoms with Crippen molar-refractivity contribution in [3.63, 3.8) is 0 Å². The van der Waals surface area contributed by atoms with Gasteiger partial charge in [0.1, 0.15) is 17.7 Å². The molecule has 0 unspecified atom stereocenters. The summed E-state index contributed by atoms with van der Waals surface area (Å²) in [5, 5.41) is 12.6. The summed E-state index contributed by atoms with van der Waals surface area (Å²) in [6.45, 7) is 2.83. The highest BCUT2D eigenvalue weighted by Gasteiger charge is 2.42. The first-order chi connectivity index (χ1) is 18.8. The Morgan fingerprint density at radius 1 is 1.26 bits per heavy atom. The third-order valence-corrected chi connectivity index (χ3v) is 8.73. The van der Waals surface area contributed by atoms with E-state index in [1.807, 2.05) is 40.7 Å². The summed E-state index contributed by atoms with van der Waals surface area (Å²) in [7, 11) is 3.50. The molecule has 1 saturated heterocycles. The van der Waals surface area contributed by atoms with E-state index < -0.39 is 0 Å². The second kappa shape index (κ2) is 11.4. The number of nitrogens with one attached hydrogen (secondary N) is 1. The average molecular weight is 550 g/mol. The molecule has 3 aliphatic rings. The van der Waals surface area contributed by atoms with Gasteiger partial charge in [-0.1, -0.05) is 0 Å². The normalized spacial score (nSPS) is 18.4. The first-order valence-electron chi connectivity index (χ1n) is 13.3. The lowest BCUT2D eigenvalue weighted by molar-refractivity contribution is -0.136. The van der Waals surface area contributed by atoms with Crippen LogP contribution in [-0.4, -0.2) is 84.1 Å². The van der Waals surface area contributed by atoms with Gasteiger partial charge in [0.2, 0.25) is 11.8 Å². The predicted molar refractivity (Wildman–Crippen MR) is 151 cm³/mol. The molecule has 2 aliphatic heterocycles. The number of thioether (sulfide) groups is 1. The maximum Gasteiger partial charge on any atom is 0.328 e. The Morgan fingerprint density at radius 2 is 2.08 bits per heavy atom. The van der Waals surface area contributed by atoms with Crippen molar-refractivity contribution in [2.24, 2.45) is 5.41 Å². The lowest BCUT2D eigenvalue weighted by Gasteiger charge is -2.33. The fourth-order valence-electron chi connectivity index (χ4n) is 5.46. The molecule has 1 aliphatic carbocycles. The van der Waals surface area contributed by atoms with E-state index in [9.17, 15) is 14.9 Å². The minimum Gasteiger partial charge on any atom is -0.481 e. The topological polar surface area (TPSA) is 115 Å². The number of aryl methyl sites for hydroxylation is 1. The number of nitrogens with zero attached hydrogens (tertiary/aromatic N) is 6. The minimum absolute atomic E-state index is 0.0832. The van der Waals surface area contributed by atoms with Gasteiger partial charge in [-0.3, -0.25) is 19.9 Å². The van der Waals surface area contributed by atoms with E-state index in [0.717, 1.165) is 61.1 Å². The molecular weight excluding hydrogens is 514 g/mol. The van der Waals surface area contributed by atoms with E-state index >= 15 is 0 Å². The molecule has 0 radical (unpaired) electrons. The van der Waals surface area contributed by atoms with Crippen molar-refractivity contribution in [1.29, 1.82) is 5.26 Å². The quantitative estimate of drug-likeness (QED) is 0.534. The number of amides is 3. The largest absolute Gasteiger partial charge is 0.481 e. The second-order valence-electron chi connectivity index (χ2n) is 10.8. The Bertz CT molecular complexity index is 1310. The molecule has 206 valence electrons. The van der Waals surface area contributed by atoms with Crippen molar-refractivity contribution in [2.45, 2.75) is 38.6 Å². The zero-order chi connectivity index (χ0) is 27.6. The zero-order valence-corrected chi connectivity index (χ0v) is 23.6. The van der Waals surface area contributed by atoms with E-state index in [1.165, 1.54) is 0 Å². The van der Waals surface area contributed by atoms with Crippen molar-refractivity contribution < 1.29 is 14.3 Å². The fraction of sp³-hybridized carbons (Fsp3) is 0.536. The van der Waals surface area contributed by atoms with Crippen LogP contribution in [0.2, 0.25) is 0 Å². The van der Waals surface area contributed by atoms with E-state index in [4.69, 9.17) is 9.72 Å². The molecule has 2 aromatic rings. The molecule has 10 nitrogen and oxygen atoms in total. The summed E-state index contributed by atoms with van der Waals surface area (Å²) in [4.78, 5) is 40.5. The monoisotopic (exact) mass is 549 g/mol. The molecule has 0 atom stereocenters. The van der Waals surface area contributed by atoms with Crippen molar-refractivity contribution >= 4 is 35.3 Å². The van der Waals surface area contributed by atoms with Gasteiger partial charge < -0.3 is 9.64 Å². The van der Waals surface area contributed by atoms with E-state index in [1.54, 1.807) is 18.2 Å². The zero-order valence-electron chi connectivity index (χ0n) is 22.8. The van der Waals surface area contributed by atoms with Gasteiger partial charge in [0, 0.05) is 31.4 Å². The van der Waals surface area contributed by atoms with Crippen LogP contribution in [0.15, 0.2) is 18.3 Å². The fourth-order valence-corrected chi connectivity index (χ4v) is 6.47. The number of carbonyl (C=O) groups is 2. The van der Waals surface area contributed by atoms with Crippen molar-refractivity contribution in [1.82, 2.24) is 19.8 Å². The molecule has 2 fully saturated rings. The van der Waals surface area contributed by atoms with Crippen LogP contribution >= 0.6 is 11.8 Å². The number of pyridine rings is 2. The molecular formula is C28H35N7O3S. The van der Waals surface area contributed by atoms with Crippen molar-refractivity contribution in [3.8, 4) is 11.9 Å². The third-order valence-electron chi connectivity index (χ3n) is 7.83. The molecule has 5 rings (SSSR count). The molecule has 0 aromatic carbocycles. The lowest BCUT2D eigenvalue weighted by Crippen LogP contribution is -2.48. The number of urea groups is 1. The molecule has 11 heteroatoms. The van der Waals surface area contributed by atoms with Crippen LogP contribution in [0.3, 0.4) is 0 Å². The molecule has 0 spiro atoms. The van der Waals surface area contributed by atoms with E-state index in [2.05, 4.69) is 22.6 Å². The van der Waals surface area contributed by atoms with Gasteiger partial charge in [-0.05, 0) is 79.8 Å². The number of anilines is 2. The third kappa shape index (κ3) is 5.97. The number of piperazine rings is 1.